The zero-order valence-corrected chi connectivity index (χ0v) is 13.5. The summed E-state index contributed by atoms with van der Waals surface area (Å²) in [5.41, 5.74) is 0. The van der Waals surface area contributed by atoms with Gasteiger partial charge in [-0.15, -0.1) is 0 Å². The Morgan fingerprint density at radius 2 is 1.82 bits per heavy atom. The van der Waals surface area contributed by atoms with Crippen molar-refractivity contribution >= 4 is 16.0 Å². The van der Waals surface area contributed by atoms with Gasteiger partial charge in [-0.3, -0.25) is 0 Å². The zero-order chi connectivity index (χ0) is 12.0. The summed E-state index contributed by atoms with van der Waals surface area (Å²) in [7, 11) is -3.52. The van der Waals surface area contributed by atoms with Gasteiger partial charge in [0.25, 0.3) is 0 Å². The maximum Gasteiger partial charge on any atom is 1.00 e. The van der Waals surface area contributed by atoms with E-state index in [-0.39, 0.29) is 75.7 Å². The molecule has 0 unspecified atom stereocenters. The van der Waals surface area contributed by atoms with E-state index in [1.54, 1.807) is 18.2 Å². The van der Waals surface area contributed by atoms with Gasteiger partial charge in [0.15, 0.2) is 0 Å². The normalized spacial score (nSPS) is 10.6. The van der Waals surface area contributed by atoms with Crippen LogP contribution in [0.2, 0.25) is 0 Å². The Balaban J connectivity index is 0.00000256. The Morgan fingerprint density at radius 1 is 1.24 bits per heavy atom. The van der Waals surface area contributed by atoms with E-state index < -0.39 is 16.0 Å². The average Bonchev–Trinajstić information content (AvgIpc) is 2.26. The summed E-state index contributed by atoms with van der Waals surface area (Å²) >= 11 is 0. The monoisotopic (exact) mass is 281 g/mol. The van der Waals surface area contributed by atoms with Crippen LogP contribution in [0.1, 0.15) is 12.8 Å². The van der Waals surface area contributed by atoms with E-state index in [9.17, 15) is 18.3 Å². The molecule has 0 aromatic heterocycles. The first-order chi connectivity index (χ1) is 7.52. The number of carboxylic acid groups (broad SMARTS) is 1. The summed E-state index contributed by atoms with van der Waals surface area (Å²) in [6.45, 7) is 0.0885. The Kier molecular flexibility index (Phi) is 8.47. The van der Waals surface area contributed by atoms with Crippen LogP contribution in [-0.2, 0) is 14.8 Å². The maximum atomic E-state index is 11.6. The minimum Gasteiger partial charge on any atom is -0.550 e. The van der Waals surface area contributed by atoms with Crippen LogP contribution in [0.4, 0.5) is 0 Å². The number of hydrogen-bond acceptors (Lipinski definition) is 4. The molecule has 17 heavy (non-hydrogen) atoms. The zero-order valence-electron chi connectivity index (χ0n) is 9.55. The van der Waals surface area contributed by atoms with Gasteiger partial charge in [0.05, 0.1) is 4.90 Å². The molecule has 1 rings (SSSR count). The van der Waals surface area contributed by atoms with E-state index in [0.717, 1.165) is 0 Å². The molecule has 0 aliphatic rings. The van der Waals surface area contributed by atoms with Crippen molar-refractivity contribution < 1.29 is 69.7 Å². The van der Waals surface area contributed by atoms with Gasteiger partial charge < -0.3 is 9.90 Å². The van der Waals surface area contributed by atoms with Crippen LogP contribution in [0.5, 0.6) is 0 Å². The molecule has 7 heteroatoms. The second kappa shape index (κ2) is 8.36. The first-order valence-electron chi connectivity index (χ1n) is 4.77. The van der Waals surface area contributed by atoms with Crippen molar-refractivity contribution in [1.82, 2.24) is 4.72 Å². The van der Waals surface area contributed by atoms with Gasteiger partial charge in [0, 0.05) is 12.5 Å². The summed E-state index contributed by atoms with van der Waals surface area (Å²) in [6.07, 6.45) is 0.0612. The van der Waals surface area contributed by atoms with Crippen molar-refractivity contribution in [3.05, 3.63) is 30.3 Å². The quantitative estimate of drug-likeness (QED) is 0.433. The Bertz CT molecular complexity index is 447. The second-order valence-corrected chi connectivity index (χ2v) is 4.95. The van der Waals surface area contributed by atoms with E-state index >= 15 is 0 Å². The van der Waals surface area contributed by atoms with E-state index in [4.69, 9.17) is 0 Å². The number of nitrogens with one attached hydrogen (secondary N) is 1. The summed E-state index contributed by atoms with van der Waals surface area (Å²) in [6, 6.07) is 7.91. The van der Waals surface area contributed by atoms with Crippen LogP contribution in [0, 0.1) is 0 Å². The minimum atomic E-state index is -3.52. The molecule has 0 saturated heterocycles. The van der Waals surface area contributed by atoms with Gasteiger partial charge in [0.1, 0.15) is 0 Å². The summed E-state index contributed by atoms with van der Waals surface area (Å²) in [4.78, 5) is 10.3. The molecule has 88 valence electrons. The molecule has 0 atom stereocenters. The van der Waals surface area contributed by atoms with E-state index in [1.807, 2.05) is 0 Å². The number of sulfonamides is 1. The first kappa shape index (κ1) is 17.2. The number of carbonyl (C=O) groups is 1. The standard InChI is InChI=1S/C10H13NO4S.K/c12-10(13)7-4-8-11-16(14,15)9-5-2-1-3-6-9;/h1-3,5-6,11H,4,7-8H2,(H,12,13);/q;+1/p-1. The van der Waals surface area contributed by atoms with Crippen molar-refractivity contribution in [2.45, 2.75) is 17.7 Å². The van der Waals surface area contributed by atoms with Crippen LogP contribution in [0.15, 0.2) is 35.2 Å². The van der Waals surface area contributed by atoms with Crippen molar-refractivity contribution in [2.24, 2.45) is 0 Å². The first-order valence-corrected chi connectivity index (χ1v) is 6.25. The maximum absolute atomic E-state index is 11.6. The van der Waals surface area contributed by atoms with Crippen LogP contribution in [0.25, 0.3) is 0 Å². The molecule has 0 amide bonds. The third-order valence-electron chi connectivity index (χ3n) is 1.90. The molecule has 0 spiro atoms. The topological polar surface area (TPSA) is 86.3 Å². The largest absolute Gasteiger partial charge is 1.00 e. The third kappa shape index (κ3) is 6.66. The Labute approximate surface area is 143 Å². The molecule has 0 aliphatic heterocycles. The van der Waals surface area contributed by atoms with E-state index in [2.05, 4.69) is 4.72 Å². The second-order valence-electron chi connectivity index (χ2n) is 3.19. The molecule has 5 nitrogen and oxygen atoms in total. The summed E-state index contributed by atoms with van der Waals surface area (Å²) in [5.74, 6) is -1.18. The summed E-state index contributed by atoms with van der Waals surface area (Å²) < 4.78 is 25.5. The van der Waals surface area contributed by atoms with Gasteiger partial charge in [-0.1, -0.05) is 18.2 Å². The average molecular weight is 281 g/mol. The molecular weight excluding hydrogens is 269 g/mol. The number of hydrogen-bond donors (Lipinski definition) is 1. The van der Waals surface area contributed by atoms with Crippen LogP contribution >= 0.6 is 0 Å². The number of benzene rings is 1. The number of carboxylic acids is 1. The predicted octanol–water partition coefficient (Wildman–Crippen LogP) is -3.50. The SMILES string of the molecule is O=C([O-])CCCNS(=O)(=O)c1ccccc1.[K+]. The van der Waals surface area contributed by atoms with Crippen molar-refractivity contribution in [3.63, 3.8) is 0 Å². The smallest absolute Gasteiger partial charge is 0.550 e. The van der Waals surface area contributed by atoms with Gasteiger partial charge in [-0.25, -0.2) is 13.1 Å². The van der Waals surface area contributed by atoms with Crippen LogP contribution in [-0.4, -0.2) is 20.9 Å². The summed E-state index contributed by atoms with van der Waals surface area (Å²) in [5, 5.41) is 10.1. The van der Waals surface area contributed by atoms with Gasteiger partial charge in [-0.05, 0) is 25.0 Å². The van der Waals surface area contributed by atoms with Crippen LogP contribution in [0.3, 0.4) is 0 Å². The predicted molar refractivity (Wildman–Crippen MR) is 55.9 cm³/mol. The van der Waals surface area contributed by atoms with Gasteiger partial charge in [-0.2, -0.15) is 0 Å². The fourth-order valence-electron chi connectivity index (χ4n) is 1.12. The van der Waals surface area contributed by atoms with E-state index in [0.29, 0.717) is 0 Å². The molecule has 1 aromatic rings. The number of aliphatic carboxylic acids is 1. The molecule has 0 heterocycles. The fourth-order valence-corrected chi connectivity index (χ4v) is 2.22. The van der Waals surface area contributed by atoms with Gasteiger partial charge in [0.2, 0.25) is 10.0 Å². The van der Waals surface area contributed by atoms with Crippen molar-refractivity contribution in [3.8, 4) is 0 Å². The van der Waals surface area contributed by atoms with Crippen molar-refractivity contribution in [1.29, 1.82) is 0 Å². The van der Waals surface area contributed by atoms with Gasteiger partial charge >= 0.3 is 51.4 Å². The number of carbonyl (C=O) groups excluding carboxylic acids is 1. The Hall–Kier alpha value is 0.236. The number of rotatable bonds is 6. The Morgan fingerprint density at radius 3 is 2.35 bits per heavy atom. The minimum absolute atomic E-state index is 0. The molecule has 1 aromatic carbocycles. The molecule has 0 bridgehead atoms. The molecule has 0 aliphatic carbocycles. The molecule has 0 radical (unpaired) electrons. The third-order valence-corrected chi connectivity index (χ3v) is 3.38. The van der Waals surface area contributed by atoms with Crippen LogP contribution < -0.4 is 61.2 Å². The molecule has 0 saturated carbocycles. The molecule has 0 fully saturated rings. The van der Waals surface area contributed by atoms with E-state index in [1.165, 1.54) is 12.1 Å². The molecular formula is C10H12KNO4S. The van der Waals surface area contributed by atoms with Crippen molar-refractivity contribution in [2.75, 3.05) is 6.54 Å². The molecule has 1 N–H and O–H groups in total. The fraction of sp³-hybridized carbons (Fsp3) is 0.300.